The van der Waals surface area contributed by atoms with E-state index in [1.807, 2.05) is 31.2 Å². The van der Waals surface area contributed by atoms with Crippen LogP contribution in [0.4, 0.5) is 0 Å². The van der Waals surface area contributed by atoms with Crippen LogP contribution in [0.5, 0.6) is 0 Å². The van der Waals surface area contributed by atoms with E-state index < -0.39 is 22.0 Å². The smallest absolute Gasteiger partial charge is 0.322 e. The highest BCUT2D eigenvalue weighted by Crippen LogP contribution is 2.28. The van der Waals surface area contributed by atoms with Crippen molar-refractivity contribution < 1.29 is 18.3 Å². The number of nitrogens with zero attached hydrogens (tertiary/aromatic N) is 1. The average molecular weight is 345 g/mol. The summed E-state index contributed by atoms with van der Waals surface area (Å²) in [6.45, 7) is 2.26. The van der Waals surface area contributed by atoms with Crippen LogP contribution in [0.1, 0.15) is 18.4 Å². The Bertz CT molecular complexity index is 842. The molecule has 0 spiro atoms. The summed E-state index contributed by atoms with van der Waals surface area (Å²) in [5, 5.41) is 9.20. The van der Waals surface area contributed by atoms with Crippen molar-refractivity contribution in [2.45, 2.75) is 30.7 Å². The first-order valence-corrected chi connectivity index (χ1v) is 9.25. The van der Waals surface area contributed by atoms with Gasteiger partial charge in [0.15, 0.2) is 0 Å². The molecule has 1 saturated heterocycles. The summed E-state index contributed by atoms with van der Waals surface area (Å²) in [4.78, 5) is 11.4. The van der Waals surface area contributed by atoms with E-state index in [1.165, 1.54) is 0 Å². The summed E-state index contributed by atoms with van der Waals surface area (Å²) in [6.07, 6.45) is 0.924. The van der Waals surface area contributed by atoms with Crippen molar-refractivity contribution in [2.75, 3.05) is 6.54 Å². The number of carbonyl (C=O) groups is 1. The lowest BCUT2D eigenvalue weighted by atomic mass is 10.0. The van der Waals surface area contributed by atoms with Gasteiger partial charge in [0, 0.05) is 6.54 Å². The first-order chi connectivity index (χ1) is 11.4. The van der Waals surface area contributed by atoms with Gasteiger partial charge in [-0.15, -0.1) is 0 Å². The molecule has 3 rings (SSSR count). The van der Waals surface area contributed by atoms with E-state index in [4.69, 9.17) is 0 Å². The molecule has 1 aliphatic rings. The molecule has 126 valence electrons. The van der Waals surface area contributed by atoms with Gasteiger partial charge in [0.05, 0.1) is 4.90 Å². The van der Waals surface area contributed by atoms with Gasteiger partial charge in [-0.05, 0) is 43.0 Å². The van der Waals surface area contributed by atoms with E-state index in [0.717, 1.165) is 21.0 Å². The predicted octanol–water partition coefficient (Wildman–Crippen LogP) is 2.90. The van der Waals surface area contributed by atoms with Crippen LogP contribution in [-0.4, -0.2) is 36.4 Å². The average Bonchev–Trinajstić information content (AvgIpc) is 3.06. The van der Waals surface area contributed by atoms with Gasteiger partial charge in [-0.25, -0.2) is 8.42 Å². The van der Waals surface area contributed by atoms with E-state index in [9.17, 15) is 18.3 Å². The molecule has 1 fully saturated rings. The van der Waals surface area contributed by atoms with Gasteiger partial charge in [0.2, 0.25) is 10.0 Å². The summed E-state index contributed by atoms with van der Waals surface area (Å²) < 4.78 is 26.5. The third kappa shape index (κ3) is 3.07. The summed E-state index contributed by atoms with van der Waals surface area (Å²) in [5.74, 6) is -1.09. The number of rotatable bonds is 4. The number of hydrogen-bond donors (Lipinski definition) is 1. The molecular formula is C18H19NO4S. The van der Waals surface area contributed by atoms with Gasteiger partial charge in [-0.1, -0.05) is 42.0 Å². The number of aryl methyl sites for hydroxylation is 1. The summed E-state index contributed by atoms with van der Waals surface area (Å²) in [5.41, 5.74) is 3.09. The maximum atomic E-state index is 12.7. The number of carboxylic acids is 1. The van der Waals surface area contributed by atoms with Crippen molar-refractivity contribution >= 4 is 16.0 Å². The molecule has 2 aromatic rings. The quantitative estimate of drug-likeness (QED) is 0.924. The van der Waals surface area contributed by atoms with E-state index in [0.29, 0.717) is 12.8 Å². The minimum atomic E-state index is -3.79. The molecule has 6 heteroatoms. The zero-order chi connectivity index (χ0) is 17.3. The van der Waals surface area contributed by atoms with Crippen LogP contribution in [0.15, 0.2) is 53.4 Å². The van der Waals surface area contributed by atoms with Crippen LogP contribution in [0.3, 0.4) is 0 Å². The summed E-state index contributed by atoms with van der Waals surface area (Å²) in [7, 11) is -3.79. The fourth-order valence-corrected chi connectivity index (χ4v) is 4.63. The Kier molecular flexibility index (Phi) is 4.43. The summed E-state index contributed by atoms with van der Waals surface area (Å²) >= 11 is 0. The lowest BCUT2D eigenvalue weighted by Crippen LogP contribution is -2.40. The Balaban J connectivity index is 1.89. The van der Waals surface area contributed by atoms with Gasteiger partial charge in [-0.2, -0.15) is 4.31 Å². The zero-order valence-electron chi connectivity index (χ0n) is 13.3. The van der Waals surface area contributed by atoms with E-state index in [1.54, 1.807) is 24.3 Å². The SMILES string of the molecule is Cc1ccc(-c2ccc(S(=O)(=O)N3CCC[C@@H]3C(=O)O)cc2)cc1. The monoisotopic (exact) mass is 345 g/mol. The molecule has 2 aromatic carbocycles. The minimum absolute atomic E-state index is 0.131. The molecule has 0 aromatic heterocycles. The van der Waals surface area contributed by atoms with E-state index >= 15 is 0 Å². The van der Waals surface area contributed by atoms with Gasteiger partial charge >= 0.3 is 5.97 Å². The largest absolute Gasteiger partial charge is 0.480 e. The highest BCUT2D eigenvalue weighted by atomic mass is 32.2. The highest BCUT2D eigenvalue weighted by molar-refractivity contribution is 7.89. The molecule has 0 radical (unpaired) electrons. The second-order valence-electron chi connectivity index (χ2n) is 6.00. The first-order valence-electron chi connectivity index (χ1n) is 7.81. The fourth-order valence-electron chi connectivity index (χ4n) is 2.98. The number of hydrogen-bond acceptors (Lipinski definition) is 3. The fraction of sp³-hybridized carbons (Fsp3) is 0.278. The van der Waals surface area contributed by atoms with Crippen molar-refractivity contribution in [3.63, 3.8) is 0 Å². The number of carboxylic acid groups (broad SMARTS) is 1. The molecule has 1 N–H and O–H groups in total. The Hall–Kier alpha value is -2.18. The molecule has 0 aliphatic carbocycles. The van der Waals surface area contributed by atoms with Crippen molar-refractivity contribution in [1.29, 1.82) is 0 Å². The number of aliphatic carboxylic acids is 1. The van der Waals surface area contributed by atoms with E-state index in [2.05, 4.69) is 0 Å². The Morgan fingerprint density at radius 1 is 1.04 bits per heavy atom. The topological polar surface area (TPSA) is 74.7 Å². The second kappa shape index (κ2) is 6.37. The van der Waals surface area contributed by atoms with Crippen LogP contribution in [0.2, 0.25) is 0 Å². The van der Waals surface area contributed by atoms with Gasteiger partial charge in [0.1, 0.15) is 6.04 Å². The Labute approximate surface area is 141 Å². The third-order valence-electron chi connectivity index (χ3n) is 4.33. The highest BCUT2D eigenvalue weighted by Gasteiger charge is 2.39. The molecular weight excluding hydrogens is 326 g/mol. The molecule has 1 atom stereocenters. The molecule has 1 heterocycles. The molecule has 24 heavy (non-hydrogen) atoms. The molecule has 1 aliphatic heterocycles. The van der Waals surface area contributed by atoms with Crippen LogP contribution in [-0.2, 0) is 14.8 Å². The second-order valence-corrected chi connectivity index (χ2v) is 7.89. The lowest BCUT2D eigenvalue weighted by Gasteiger charge is -2.21. The standard InChI is InChI=1S/C18H19NO4S/c1-13-4-6-14(7-5-13)15-8-10-16(11-9-15)24(22,23)19-12-2-3-17(19)18(20)21/h4-11,17H,2-3,12H2,1H3,(H,20,21)/t17-/m1/s1. The lowest BCUT2D eigenvalue weighted by molar-refractivity contribution is -0.140. The third-order valence-corrected chi connectivity index (χ3v) is 6.26. The van der Waals surface area contributed by atoms with Crippen LogP contribution < -0.4 is 0 Å². The van der Waals surface area contributed by atoms with Gasteiger partial charge < -0.3 is 5.11 Å². The van der Waals surface area contributed by atoms with Crippen LogP contribution in [0, 0.1) is 6.92 Å². The number of sulfonamides is 1. The maximum absolute atomic E-state index is 12.7. The van der Waals surface area contributed by atoms with Crippen molar-refractivity contribution in [1.82, 2.24) is 4.31 Å². The Morgan fingerprint density at radius 2 is 1.58 bits per heavy atom. The number of benzene rings is 2. The minimum Gasteiger partial charge on any atom is -0.480 e. The van der Waals surface area contributed by atoms with Crippen LogP contribution >= 0.6 is 0 Å². The van der Waals surface area contributed by atoms with Crippen molar-refractivity contribution in [3.8, 4) is 11.1 Å². The predicted molar refractivity (Wildman–Crippen MR) is 91.2 cm³/mol. The first kappa shape index (κ1) is 16.7. The molecule has 0 bridgehead atoms. The molecule has 0 saturated carbocycles. The van der Waals surface area contributed by atoms with Gasteiger partial charge in [0.25, 0.3) is 0 Å². The maximum Gasteiger partial charge on any atom is 0.322 e. The van der Waals surface area contributed by atoms with E-state index in [-0.39, 0.29) is 11.4 Å². The molecule has 0 amide bonds. The van der Waals surface area contributed by atoms with Crippen molar-refractivity contribution in [3.05, 3.63) is 54.1 Å². The summed E-state index contributed by atoms with van der Waals surface area (Å²) in [6, 6.07) is 13.6. The molecule has 0 unspecified atom stereocenters. The normalized spacial score (nSPS) is 18.6. The molecule has 5 nitrogen and oxygen atoms in total. The Morgan fingerprint density at radius 3 is 2.12 bits per heavy atom. The van der Waals surface area contributed by atoms with Crippen LogP contribution in [0.25, 0.3) is 11.1 Å². The zero-order valence-corrected chi connectivity index (χ0v) is 14.2. The van der Waals surface area contributed by atoms with Gasteiger partial charge in [-0.3, -0.25) is 4.79 Å². The van der Waals surface area contributed by atoms with Crippen molar-refractivity contribution in [2.24, 2.45) is 0 Å².